The number of piperazine rings is 2. The zero-order valence-electron chi connectivity index (χ0n) is 25.9. The summed E-state index contributed by atoms with van der Waals surface area (Å²) < 4.78 is 1.70. The Morgan fingerprint density at radius 1 is 1.00 bits per heavy atom. The summed E-state index contributed by atoms with van der Waals surface area (Å²) in [5.74, 6) is -1.12. The first kappa shape index (κ1) is 31.5. The zero-order valence-corrected chi connectivity index (χ0v) is 25.9. The van der Waals surface area contributed by atoms with Gasteiger partial charge in [0.1, 0.15) is 0 Å². The largest absolute Gasteiger partial charge is 0.396 e. The van der Waals surface area contributed by atoms with Crippen molar-refractivity contribution in [2.45, 2.75) is 38.5 Å². The van der Waals surface area contributed by atoms with E-state index in [1.54, 1.807) is 31.6 Å². The smallest absolute Gasteiger partial charge is 0.264 e. The van der Waals surface area contributed by atoms with Crippen molar-refractivity contribution in [1.82, 2.24) is 25.6 Å². The molecule has 0 spiro atoms. The maximum atomic E-state index is 14.3. The van der Waals surface area contributed by atoms with Gasteiger partial charge in [0.2, 0.25) is 11.8 Å². The Balaban J connectivity index is 1.27. The monoisotopic (exact) mass is 628 g/mol. The molecule has 2 aromatic carbocycles. The Morgan fingerprint density at radius 3 is 2.41 bits per heavy atom. The fourth-order valence-electron chi connectivity index (χ4n) is 6.35. The van der Waals surface area contributed by atoms with Crippen LogP contribution in [-0.4, -0.2) is 88.8 Å². The fraction of sp³-hybridized carbons (Fsp3) is 0.424. The number of fused-ring (bicyclic) bond motifs is 1. The van der Waals surface area contributed by atoms with Gasteiger partial charge in [-0.15, -0.1) is 5.10 Å². The molecule has 0 aliphatic carbocycles. The Morgan fingerprint density at radius 2 is 1.72 bits per heavy atom. The highest BCUT2D eigenvalue weighted by Gasteiger charge is 2.52. The first-order valence-electron chi connectivity index (χ1n) is 15.8. The van der Waals surface area contributed by atoms with E-state index in [9.17, 15) is 19.5 Å². The molecule has 2 fully saturated rings. The number of allylic oxidation sites excluding steroid dienone is 1. The van der Waals surface area contributed by atoms with Crippen molar-refractivity contribution in [2.24, 2.45) is 5.92 Å². The van der Waals surface area contributed by atoms with Crippen LogP contribution in [0.5, 0.6) is 0 Å². The number of nitrogens with one attached hydrogen (secondary N) is 2. The van der Waals surface area contributed by atoms with E-state index >= 15 is 0 Å². The van der Waals surface area contributed by atoms with E-state index in [2.05, 4.69) is 20.9 Å². The SMILES string of the molecule is C[C@@H](/C=C/CCn1cc(CCO)nn1)[C@]1(O)C(=O)N(Cc2cccc(N3CCNCC3=O)c2)c2ccc(N3CCNCC3=O)cc21. The normalized spacial score (nSPS) is 21.0. The minimum Gasteiger partial charge on any atom is -0.396 e. The molecule has 1 aromatic heterocycles. The summed E-state index contributed by atoms with van der Waals surface area (Å²) in [5.41, 5.74) is 2.12. The van der Waals surface area contributed by atoms with E-state index in [0.717, 1.165) is 11.3 Å². The van der Waals surface area contributed by atoms with E-state index < -0.39 is 17.4 Å². The lowest BCUT2D eigenvalue weighted by atomic mass is 9.82. The molecule has 3 aromatic rings. The van der Waals surface area contributed by atoms with Crippen LogP contribution in [0.3, 0.4) is 0 Å². The van der Waals surface area contributed by atoms with Crippen LogP contribution in [0.15, 0.2) is 60.8 Å². The number of aromatic nitrogens is 3. The van der Waals surface area contributed by atoms with Gasteiger partial charge in [0, 0.05) is 74.8 Å². The number of anilines is 3. The number of amides is 3. The number of hydrogen-bond acceptors (Lipinski definition) is 9. The maximum Gasteiger partial charge on any atom is 0.264 e. The summed E-state index contributed by atoms with van der Waals surface area (Å²) >= 11 is 0. The summed E-state index contributed by atoms with van der Waals surface area (Å²) in [7, 11) is 0. The lowest BCUT2D eigenvalue weighted by Crippen LogP contribution is -2.48. The van der Waals surface area contributed by atoms with Crippen LogP contribution in [0.25, 0.3) is 0 Å². The van der Waals surface area contributed by atoms with E-state index in [0.29, 0.717) is 68.2 Å². The summed E-state index contributed by atoms with van der Waals surface area (Å²) in [5, 5.41) is 35.7. The molecule has 0 unspecified atom stereocenters. The Bertz CT molecular complexity index is 1640. The van der Waals surface area contributed by atoms with Crippen LogP contribution in [0.4, 0.5) is 17.1 Å². The molecule has 3 aliphatic heterocycles. The third-order valence-electron chi connectivity index (χ3n) is 8.87. The maximum absolute atomic E-state index is 14.3. The first-order valence-corrected chi connectivity index (χ1v) is 15.8. The van der Waals surface area contributed by atoms with Crippen molar-refractivity contribution in [1.29, 1.82) is 0 Å². The van der Waals surface area contributed by atoms with Crippen LogP contribution in [-0.2, 0) is 39.5 Å². The quantitative estimate of drug-likeness (QED) is 0.225. The molecule has 13 heteroatoms. The standard InChI is InChI=1S/C33H40N8O5/c1-23(5-2-3-13-38-22-25(10-16-42)36-37-38)33(46)28-18-27(40-15-12-35-20-31(40)44)8-9-29(28)41(32(33)45)21-24-6-4-7-26(17-24)39-14-11-34-19-30(39)43/h2,4-9,17-18,22-23,34-35,42,46H,3,10-16,19-21H2,1H3/b5-2+/t23-,33+/m0/s1. The van der Waals surface area contributed by atoms with Crippen molar-refractivity contribution < 1.29 is 24.6 Å². The van der Waals surface area contributed by atoms with Crippen LogP contribution < -0.4 is 25.3 Å². The Kier molecular flexibility index (Phi) is 9.27. The van der Waals surface area contributed by atoms with Gasteiger partial charge in [-0.1, -0.05) is 36.4 Å². The fourth-order valence-corrected chi connectivity index (χ4v) is 6.35. The number of benzene rings is 2. The number of nitrogens with zero attached hydrogens (tertiary/aromatic N) is 6. The van der Waals surface area contributed by atoms with Gasteiger partial charge in [-0.05, 0) is 42.3 Å². The molecule has 3 amide bonds. The second kappa shape index (κ2) is 13.5. The molecule has 242 valence electrons. The summed E-state index contributed by atoms with van der Waals surface area (Å²) in [6.07, 6.45) is 6.60. The summed E-state index contributed by atoms with van der Waals surface area (Å²) in [4.78, 5) is 44.6. The van der Waals surface area contributed by atoms with Gasteiger partial charge in [0.25, 0.3) is 5.91 Å². The molecular weight excluding hydrogens is 588 g/mol. The van der Waals surface area contributed by atoms with E-state index in [1.165, 1.54) is 0 Å². The third-order valence-corrected chi connectivity index (χ3v) is 8.87. The minimum absolute atomic E-state index is 0.00695. The Hall–Kier alpha value is -4.43. The van der Waals surface area contributed by atoms with Crippen LogP contribution in [0, 0.1) is 5.92 Å². The third kappa shape index (κ3) is 6.18. The van der Waals surface area contributed by atoms with Crippen molar-refractivity contribution in [2.75, 3.05) is 60.6 Å². The highest BCUT2D eigenvalue weighted by Crippen LogP contribution is 2.47. The molecule has 0 radical (unpaired) electrons. The number of aliphatic hydroxyl groups is 2. The van der Waals surface area contributed by atoms with Crippen molar-refractivity contribution >= 4 is 34.8 Å². The molecule has 2 atom stereocenters. The van der Waals surface area contributed by atoms with Gasteiger partial charge in [-0.2, -0.15) is 0 Å². The predicted molar refractivity (Wildman–Crippen MR) is 172 cm³/mol. The van der Waals surface area contributed by atoms with E-state index in [4.69, 9.17) is 5.11 Å². The van der Waals surface area contributed by atoms with Gasteiger partial charge in [0.05, 0.1) is 31.0 Å². The average Bonchev–Trinajstić information content (AvgIpc) is 3.60. The number of aryl methyl sites for hydroxylation is 1. The molecule has 2 saturated heterocycles. The van der Waals surface area contributed by atoms with Crippen molar-refractivity contribution in [3.63, 3.8) is 0 Å². The molecule has 13 nitrogen and oxygen atoms in total. The van der Waals surface area contributed by atoms with E-state index in [1.807, 2.05) is 55.5 Å². The molecule has 3 aliphatic rings. The Labute approximate surface area is 267 Å². The van der Waals surface area contributed by atoms with Gasteiger partial charge in [0.15, 0.2) is 5.60 Å². The molecule has 46 heavy (non-hydrogen) atoms. The molecular formula is C33H40N8O5. The van der Waals surface area contributed by atoms with Gasteiger partial charge >= 0.3 is 0 Å². The topological polar surface area (TPSA) is 156 Å². The van der Waals surface area contributed by atoms with Gasteiger partial charge in [-0.3, -0.25) is 19.1 Å². The number of aliphatic hydroxyl groups excluding tert-OH is 1. The second-order valence-corrected chi connectivity index (χ2v) is 11.9. The highest BCUT2D eigenvalue weighted by atomic mass is 16.3. The summed E-state index contributed by atoms with van der Waals surface area (Å²) in [6.45, 7) is 5.49. The lowest BCUT2D eigenvalue weighted by Gasteiger charge is -2.30. The summed E-state index contributed by atoms with van der Waals surface area (Å²) in [6, 6.07) is 13.0. The highest BCUT2D eigenvalue weighted by molar-refractivity contribution is 6.08. The van der Waals surface area contributed by atoms with E-state index in [-0.39, 0.29) is 38.1 Å². The zero-order chi connectivity index (χ0) is 32.3. The lowest BCUT2D eigenvalue weighted by molar-refractivity contribution is -0.139. The van der Waals surface area contributed by atoms with Crippen molar-refractivity contribution in [3.8, 4) is 0 Å². The van der Waals surface area contributed by atoms with Gasteiger partial charge in [-0.25, -0.2) is 0 Å². The number of hydrogen-bond donors (Lipinski definition) is 4. The minimum atomic E-state index is -1.87. The van der Waals surface area contributed by atoms with Crippen LogP contribution in [0.2, 0.25) is 0 Å². The predicted octanol–water partition coefficient (Wildman–Crippen LogP) is 0.702. The second-order valence-electron chi connectivity index (χ2n) is 11.9. The van der Waals surface area contributed by atoms with Crippen molar-refractivity contribution in [3.05, 3.63) is 77.6 Å². The molecule has 0 saturated carbocycles. The molecule has 6 rings (SSSR count). The number of carbonyl (C=O) groups is 3. The average molecular weight is 629 g/mol. The molecule has 0 bridgehead atoms. The van der Waals surface area contributed by atoms with Gasteiger partial charge < -0.3 is 35.5 Å². The first-order chi connectivity index (χ1) is 22.3. The molecule has 4 heterocycles. The molecule has 4 N–H and O–H groups in total. The van der Waals surface area contributed by atoms with Crippen LogP contribution in [0.1, 0.15) is 30.2 Å². The number of carbonyl (C=O) groups excluding carboxylic acids is 3. The van der Waals surface area contributed by atoms with Crippen LogP contribution >= 0.6 is 0 Å². The number of rotatable bonds is 11.